The first-order chi connectivity index (χ1) is 8.81. The first-order valence-corrected chi connectivity index (χ1v) is 6.94. The van der Waals surface area contributed by atoms with Gasteiger partial charge < -0.3 is 4.90 Å². The molecule has 0 saturated heterocycles. The molecular formula is C17H26N2. The minimum Gasteiger partial charge on any atom is -0.301 e. The van der Waals surface area contributed by atoms with Gasteiger partial charge in [-0.15, -0.1) is 0 Å². The first kappa shape index (κ1) is 15.7. The van der Waals surface area contributed by atoms with Crippen LogP contribution in [0, 0.1) is 43.9 Å². The largest absolute Gasteiger partial charge is 0.301 e. The molecule has 0 aliphatic heterocycles. The minimum atomic E-state index is 0.0100. The minimum absolute atomic E-state index is 0.0100. The fourth-order valence-electron chi connectivity index (χ4n) is 2.67. The van der Waals surface area contributed by atoms with Crippen LogP contribution in [0.1, 0.15) is 42.1 Å². The summed E-state index contributed by atoms with van der Waals surface area (Å²) >= 11 is 0. The molecule has 2 nitrogen and oxygen atoms in total. The Labute approximate surface area is 118 Å². The Bertz CT molecular complexity index is 481. The molecule has 0 spiro atoms. The van der Waals surface area contributed by atoms with Crippen molar-refractivity contribution in [3.63, 3.8) is 0 Å². The molecule has 1 aromatic rings. The molecule has 0 radical (unpaired) electrons. The van der Waals surface area contributed by atoms with Gasteiger partial charge in [-0.3, -0.25) is 0 Å². The Kier molecular flexibility index (Phi) is 5.14. The van der Waals surface area contributed by atoms with Crippen LogP contribution in [0.25, 0.3) is 0 Å². The molecule has 0 bridgehead atoms. The highest BCUT2D eigenvalue weighted by Crippen LogP contribution is 2.34. The molecular weight excluding hydrogens is 232 g/mol. The van der Waals surface area contributed by atoms with E-state index in [0.717, 1.165) is 0 Å². The normalized spacial score (nSPS) is 14.5. The summed E-state index contributed by atoms with van der Waals surface area (Å²) in [5.41, 5.74) is 5.26. The number of hydrogen-bond donors (Lipinski definition) is 0. The zero-order valence-corrected chi connectivity index (χ0v) is 13.3. The Hall–Kier alpha value is -1.33. The quantitative estimate of drug-likeness (QED) is 0.816. The van der Waals surface area contributed by atoms with Crippen molar-refractivity contribution < 1.29 is 0 Å². The maximum atomic E-state index is 9.52. The summed E-state index contributed by atoms with van der Waals surface area (Å²) in [6, 6.07) is 7.02. The molecule has 1 rings (SSSR count). The highest BCUT2D eigenvalue weighted by Gasteiger charge is 2.29. The van der Waals surface area contributed by atoms with Crippen LogP contribution < -0.4 is 0 Å². The first-order valence-electron chi connectivity index (χ1n) is 6.94. The summed E-state index contributed by atoms with van der Waals surface area (Å²) in [5.74, 6) is 0.356. The standard InChI is InChI=1S/C17H26N2/c1-11(2)16(10-18)17(19(6)7)15-9-8-12(3)13(4)14(15)5/h8-9,11,16-17H,1-7H3. The molecule has 0 saturated carbocycles. The van der Waals surface area contributed by atoms with Crippen LogP contribution in [0.4, 0.5) is 0 Å². The molecule has 2 atom stereocenters. The Morgan fingerprint density at radius 3 is 2.05 bits per heavy atom. The molecule has 0 aliphatic rings. The van der Waals surface area contributed by atoms with Crippen molar-refractivity contribution in [2.24, 2.45) is 11.8 Å². The van der Waals surface area contributed by atoms with Crippen molar-refractivity contribution in [2.45, 2.75) is 40.7 Å². The van der Waals surface area contributed by atoms with Crippen LogP contribution in [0.5, 0.6) is 0 Å². The van der Waals surface area contributed by atoms with E-state index in [0.29, 0.717) is 5.92 Å². The van der Waals surface area contributed by atoms with Crippen molar-refractivity contribution in [1.82, 2.24) is 4.90 Å². The van der Waals surface area contributed by atoms with E-state index < -0.39 is 0 Å². The lowest BCUT2D eigenvalue weighted by molar-refractivity contribution is 0.209. The number of nitriles is 1. The van der Waals surface area contributed by atoms with E-state index in [-0.39, 0.29) is 12.0 Å². The van der Waals surface area contributed by atoms with Crippen LogP contribution in [-0.4, -0.2) is 19.0 Å². The predicted octanol–water partition coefficient (Wildman–Crippen LogP) is 4.01. The highest BCUT2D eigenvalue weighted by molar-refractivity contribution is 5.41. The molecule has 1 aromatic carbocycles. The van der Waals surface area contributed by atoms with Crippen molar-refractivity contribution in [3.8, 4) is 6.07 Å². The van der Waals surface area contributed by atoms with Gasteiger partial charge in [-0.05, 0) is 63.0 Å². The smallest absolute Gasteiger partial charge is 0.0683 e. The summed E-state index contributed by atoms with van der Waals surface area (Å²) in [6.45, 7) is 10.7. The number of aryl methyl sites for hydroxylation is 1. The third kappa shape index (κ3) is 3.16. The van der Waals surface area contributed by atoms with Crippen LogP contribution in [0.15, 0.2) is 12.1 Å². The number of rotatable bonds is 4. The van der Waals surface area contributed by atoms with E-state index in [1.165, 1.54) is 22.3 Å². The van der Waals surface area contributed by atoms with E-state index in [2.05, 4.69) is 71.8 Å². The zero-order valence-electron chi connectivity index (χ0n) is 13.3. The van der Waals surface area contributed by atoms with Gasteiger partial charge in [-0.1, -0.05) is 26.0 Å². The van der Waals surface area contributed by atoms with Gasteiger partial charge in [0, 0.05) is 0 Å². The van der Waals surface area contributed by atoms with E-state index >= 15 is 0 Å². The lowest BCUT2D eigenvalue weighted by Gasteiger charge is -2.32. The maximum absolute atomic E-state index is 9.52. The molecule has 0 heterocycles. The predicted molar refractivity (Wildman–Crippen MR) is 81.0 cm³/mol. The van der Waals surface area contributed by atoms with Crippen molar-refractivity contribution in [3.05, 3.63) is 34.4 Å². The van der Waals surface area contributed by atoms with Gasteiger partial charge in [0.25, 0.3) is 0 Å². The van der Waals surface area contributed by atoms with E-state index in [4.69, 9.17) is 0 Å². The van der Waals surface area contributed by atoms with Gasteiger partial charge >= 0.3 is 0 Å². The fraction of sp³-hybridized carbons (Fsp3) is 0.588. The third-order valence-electron chi connectivity index (χ3n) is 4.18. The average Bonchev–Trinajstić information content (AvgIpc) is 2.33. The van der Waals surface area contributed by atoms with Gasteiger partial charge in [0.2, 0.25) is 0 Å². The average molecular weight is 258 g/mol. The lowest BCUT2D eigenvalue weighted by Crippen LogP contribution is -2.30. The van der Waals surface area contributed by atoms with Crippen molar-refractivity contribution >= 4 is 0 Å². The molecule has 2 heteroatoms. The second-order valence-electron chi connectivity index (χ2n) is 6.03. The lowest BCUT2D eigenvalue weighted by atomic mass is 9.82. The number of hydrogen-bond acceptors (Lipinski definition) is 2. The Morgan fingerprint density at radius 1 is 1.05 bits per heavy atom. The molecule has 0 aliphatic carbocycles. The van der Waals surface area contributed by atoms with Gasteiger partial charge in [-0.25, -0.2) is 0 Å². The van der Waals surface area contributed by atoms with E-state index in [1.54, 1.807) is 0 Å². The van der Waals surface area contributed by atoms with E-state index in [1.807, 2.05) is 0 Å². The fourth-order valence-corrected chi connectivity index (χ4v) is 2.67. The molecule has 0 fully saturated rings. The van der Waals surface area contributed by atoms with Crippen LogP contribution in [0.2, 0.25) is 0 Å². The molecule has 2 unspecified atom stereocenters. The maximum Gasteiger partial charge on any atom is 0.0683 e. The summed E-state index contributed by atoms with van der Waals surface area (Å²) in [6.07, 6.45) is 0. The van der Waals surface area contributed by atoms with Crippen molar-refractivity contribution in [1.29, 1.82) is 5.26 Å². The molecule has 104 valence electrons. The van der Waals surface area contributed by atoms with Gasteiger partial charge in [0.15, 0.2) is 0 Å². The van der Waals surface area contributed by atoms with Crippen LogP contribution in [-0.2, 0) is 0 Å². The van der Waals surface area contributed by atoms with Crippen LogP contribution >= 0.6 is 0 Å². The topological polar surface area (TPSA) is 27.0 Å². The summed E-state index contributed by atoms with van der Waals surface area (Å²) in [7, 11) is 4.12. The highest BCUT2D eigenvalue weighted by atomic mass is 15.1. The van der Waals surface area contributed by atoms with Gasteiger partial charge in [0.05, 0.1) is 18.0 Å². The monoisotopic (exact) mass is 258 g/mol. The third-order valence-corrected chi connectivity index (χ3v) is 4.18. The van der Waals surface area contributed by atoms with Crippen LogP contribution in [0.3, 0.4) is 0 Å². The Morgan fingerprint density at radius 2 is 1.63 bits per heavy atom. The molecule has 0 aromatic heterocycles. The van der Waals surface area contributed by atoms with E-state index in [9.17, 15) is 5.26 Å². The zero-order chi connectivity index (χ0) is 14.7. The molecule has 0 N–H and O–H groups in total. The van der Waals surface area contributed by atoms with Crippen molar-refractivity contribution in [2.75, 3.05) is 14.1 Å². The SMILES string of the molecule is Cc1ccc(C(C(C#N)C(C)C)N(C)C)c(C)c1C. The van der Waals surface area contributed by atoms with Gasteiger partial charge in [0.1, 0.15) is 0 Å². The second-order valence-corrected chi connectivity index (χ2v) is 6.03. The summed E-state index contributed by atoms with van der Waals surface area (Å²) in [5, 5.41) is 9.52. The molecule has 19 heavy (non-hydrogen) atoms. The summed E-state index contributed by atoms with van der Waals surface area (Å²) < 4.78 is 0. The van der Waals surface area contributed by atoms with Gasteiger partial charge in [-0.2, -0.15) is 5.26 Å². The Balaban J connectivity index is 3.36. The number of nitrogens with zero attached hydrogens (tertiary/aromatic N) is 2. The second kappa shape index (κ2) is 6.21. The summed E-state index contributed by atoms with van der Waals surface area (Å²) in [4.78, 5) is 2.17. The number of benzene rings is 1. The molecule has 0 amide bonds.